The predicted octanol–water partition coefficient (Wildman–Crippen LogP) is 4.42. The Hall–Kier alpha value is -2.97. The van der Waals surface area contributed by atoms with E-state index < -0.39 is 0 Å². The Labute approximate surface area is 189 Å². The average Bonchev–Trinajstić information content (AvgIpc) is 3.20. The van der Waals surface area contributed by atoms with Gasteiger partial charge in [-0.05, 0) is 35.8 Å². The normalized spacial score (nSPS) is 19.1. The van der Waals surface area contributed by atoms with Crippen molar-refractivity contribution in [3.8, 4) is 22.4 Å². The van der Waals surface area contributed by atoms with Gasteiger partial charge in [-0.1, -0.05) is 36.4 Å². The second-order valence-corrected chi connectivity index (χ2v) is 8.68. The third-order valence-electron chi connectivity index (χ3n) is 5.47. The molecule has 0 amide bonds. The van der Waals surface area contributed by atoms with E-state index in [1.807, 2.05) is 48.7 Å². The van der Waals surface area contributed by atoms with E-state index in [0.717, 1.165) is 45.8 Å². The molecular weight excluding hydrogens is 456 g/mol. The van der Waals surface area contributed by atoms with E-state index in [9.17, 15) is 0 Å². The lowest BCUT2D eigenvalue weighted by molar-refractivity contribution is -0.00549. The van der Waals surface area contributed by atoms with E-state index in [2.05, 4.69) is 44.8 Å². The van der Waals surface area contributed by atoms with Gasteiger partial charge in [-0.15, -0.1) is 0 Å². The van der Waals surface area contributed by atoms with Crippen LogP contribution < -0.4 is 10.6 Å². The molecule has 0 unspecified atom stereocenters. The molecule has 4 aromatic rings. The summed E-state index contributed by atoms with van der Waals surface area (Å²) in [5, 5.41) is 4.48. The van der Waals surface area contributed by atoms with Crippen molar-refractivity contribution in [2.45, 2.75) is 26.1 Å². The minimum atomic E-state index is 0.119. The maximum Gasteiger partial charge on any atom is 0.167 e. The molecule has 1 aromatic carbocycles. The molecule has 5 rings (SSSR count). The van der Waals surface area contributed by atoms with Crippen LogP contribution >= 0.6 is 15.9 Å². The Kier molecular flexibility index (Phi) is 5.11. The van der Waals surface area contributed by atoms with Crippen LogP contribution in [0.15, 0.2) is 59.3 Å². The van der Waals surface area contributed by atoms with Crippen LogP contribution in [0.25, 0.3) is 28.0 Å². The van der Waals surface area contributed by atoms with Gasteiger partial charge in [0.1, 0.15) is 16.1 Å². The molecule has 3 aromatic heterocycles. The lowest BCUT2D eigenvalue weighted by Gasteiger charge is -2.36. The quantitative estimate of drug-likeness (QED) is 0.469. The van der Waals surface area contributed by atoms with Gasteiger partial charge in [-0.3, -0.25) is 4.98 Å². The highest BCUT2D eigenvalue weighted by Crippen LogP contribution is 2.35. The molecular formula is C23H23BrN6O. The maximum absolute atomic E-state index is 6.43. The summed E-state index contributed by atoms with van der Waals surface area (Å²) in [5.41, 5.74) is 11.0. The Bertz CT molecular complexity index is 1210. The molecule has 0 spiro atoms. The molecule has 4 heterocycles. The summed E-state index contributed by atoms with van der Waals surface area (Å²) in [7, 11) is 0. The number of halogens is 1. The number of nitrogens with zero attached hydrogens (tertiary/aromatic N) is 5. The Morgan fingerprint density at radius 1 is 1.00 bits per heavy atom. The highest BCUT2D eigenvalue weighted by Gasteiger charge is 2.27. The molecule has 31 heavy (non-hydrogen) atoms. The summed E-state index contributed by atoms with van der Waals surface area (Å²) in [6, 6.07) is 14.2. The van der Waals surface area contributed by atoms with Crippen molar-refractivity contribution in [3.05, 3.63) is 59.3 Å². The summed E-state index contributed by atoms with van der Waals surface area (Å²) >= 11 is 3.63. The van der Waals surface area contributed by atoms with Gasteiger partial charge < -0.3 is 15.4 Å². The van der Waals surface area contributed by atoms with E-state index in [1.54, 1.807) is 10.7 Å². The second-order valence-electron chi connectivity index (χ2n) is 7.89. The van der Waals surface area contributed by atoms with E-state index in [1.165, 1.54) is 0 Å². The van der Waals surface area contributed by atoms with Gasteiger partial charge in [0.25, 0.3) is 0 Å². The van der Waals surface area contributed by atoms with Gasteiger partial charge >= 0.3 is 0 Å². The number of benzene rings is 1. The fourth-order valence-electron chi connectivity index (χ4n) is 4.08. The lowest BCUT2D eigenvalue weighted by Crippen LogP contribution is -2.46. The summed E-state index contributed by atoms with van der Waals surface area (Å²) in [6.07, 6.45) is 3.89. The number of hydrogen-bond donors (Lipinski definition) is 1. The van der Waals surface area contributed by atoms with Gasteiger partial charge in [-0.2, -0.15) is 9.61 Å². The standard InChI is InChI=1S/C23H23BrN6O/c1-14-12-29(13-15(2)31-14)23-20(24)21(25)30-22(28-23)18(11-27-30)17-8-9-19(26-10-17)16-6-4-3-5-7-16/h3-11,14-15H,12-13,25H2,1-2H3/t14-,15+. The van der Waals surface area contributed by atoms with E-state index in [4.69, 9.17) is 15.5 Å². The monoisotopic (exact) mass is 478 g/mol. The first kappa shape index (κ1) is 20.0. The van der Waals surface area contributed by atoms with Crippen LogP contribution in [-0.2, 0) is 4.74 Å². The molecule has 1 aliphatic rings. The summed E-state index contributed by atoms with van der Waals surface area (Å²) in [6.45, 7) is 5.65. The van der Waals surface area contributed by atoms with Gasteiger partial charge in [0.2, 0.25) is 0 Å². The van der Waals surface area contributed by atoms with Crippen LogP contribution in [0.4, 0.5) is 11.6 Å². The van der Waals surface area contributed by atoms with Gasteiger partial charge in [0, 0.05) is 36.0 Å². The van der Waals surface area contributed by atoms with Crippen LogP contribution in [-0.4, -0.2) is 44.9 Å². The minimum Gasteiger partial charge on any atom is -0.383 e. The highest BCUT2D eigenvalue weighted by molar-refractivity contribution is 9.10. The lowest BCUT2D eigenvalue weighted by atomic mass is 10.1. The third-order valence-corrected chi connectivity index (χ3v) is 6.23. The molecule has 0 radical (unpaired) electrons. The maximum atomic E-state index is 6.43. The summed E-state index contributed by atoms with van der Waals surface area (Å²) in [4.78, 5) is 11.8. The first-order valence-electron chi connectivity index (χ1n) is 10.3. The molecule has 0 bridgehead atoms. The van der Waals surface area contributed by atoms with E-state index in [0.29, 0.717) is 11.5 Å². The molecule has 2 atom stereocenters. The van der Waals surface area contributed by atoms with E-state index >= 15 is 0 Å². The number of pyridine rings is 1. The number of morpholine rings is 1. The number of anilines is 2. The topological polar surface area (TPSA) is 81.6 Å². The summed E-state index contributed by atoms with van der Waals surface area (Å²) in [5.74, 6) is 1.33. The fraction of sp³-hybridized carbons (Fsp3) is 0.261. The van der Waals surface area contributed by atoms with Gasteiger partial charge in [0.05, 0.1) is 24.1 Å². The highest BCUT2D eigenvalue weighted by atomic mass is 79.9. The number of fused-ring (bicyclic) bond motifs is 1. The Balaban J connectivity index is 1.57. The average molecular weight is 479 g/mol. The predicted molar refractivity (Wildman–Crippen MR) is 126 cm³/mol. The van der Waals surface area contributed by atoms with Crippen molar-refractivity contribution in [2.24, 2.45) is 0 Å². The number of ether oxygens (including phenoxy) is 1. The van der Waals surface area contributed by atoms with Crippen molar-refractivity contribution in [2.75, 3.05) is 23.7 Å². The molecule has 8 heteroatoms. The van der Waals surface area contributed by atoms with E-state index in [-0.39, 0.29) is 12.2 Å². The number of hydrogen-bond acceptors (Lipinski definition) is 6. The van der Waals surface area contributed by atoms with Crippen molar-refractivity contribution in [3.63, 3.8) is 0 Å². The van der Waals surface area contributed by atoms with Crippen molar-refractivity contribution >= 4 is 33.2 Å². The minimum absolute atomic E-state index is 0.119. The molecule has 1 aliphatic heterocycles. The molecule has 0 saturated carbocycles. The molecule has 1 fully saturated rings. The third kappa shape index (κ3) is 3.66. The molecule has 158 valence electrons. The Morgan fingerprint density at radius 3 is 2.42 bits per heavy atom. The first-order valence-corrected chi connectivity index (χ1v) is 11.1. The van der Waals surface area contributed by atoms with Crippen LogP contribution in [0.2, 0.25) is 0 Å². The smallest absolute Gasteiger partial charge is 0.167 e. The SMILES string of the molecule is C[C@@H]1CN(c2nc3c(-c4ccc(-c5ccccc5)nc4)cnn3c(N)c2Br)C[C@H](C)O1. The van der Waals surface area contributed by atoms with Crippen molar-refractivity contribution < 1.29 is 4.74 Å². The Morgan fingerprint density at radius 2 is 1.74 bits per heavy atom. The number of nitrogens with two attached hydrogens (primary N) is 1. The molecule has 0 aliphatic carbocycles. The zero-order chi connectivity index (χ0) is 21.5. The number of aromatic nitrogens is 4. The molecule has 7 nitrogen and oxygen atoms in total. The fourth-order valence-corrected chi connectivity index (χ4v) is 4.59. The van der Waals surface area contributed by atoms with Crippen LogP contribution in [0.3, 0.4) is 0 Å². The number of rotatable bonds is 3. The van der Waals surface area contributed by atoms with Gasteiger partial charge in [0.15, 0.2) is 5.65 Å². The van der Waals surface area contributed by atoms with Crippen molar-refractivity contribution in [1.29, 1.82) is 0 Å². The second kappa shape index (κ2) is 7.94. The van der Waals surface area contributed by atoms with Gasteiger partial charge in [-0.25, -0.2) is 4.98 Å². The first-order chi connectivity index (χ1) is 15.0. The molecule has 2 N–H and O–H groups in total. The van der Waals surface area contributed by atoms with Crippen LogP contribution in [0.5, 0.6) is 0 Å². The van der Waals surface area contributed by atoms with Crippen molar-refractivity contribution in [1.82, 2.24) is 19.6 Å². The number of nitrogen functional groups attached to an aromatic ring is 1. The molecule has 1 saturated heterocycles. The zero-order valence-corrected chi connectivity index (χ0v) is 19.0. The largest absolute Gasteiger partial charge is 0.383 e. The van der Waals surface area contributed by atoms with Crippen LogP contribution in [0.1, 0.15) is 13.8 Å². The zero-order valence-electron chi connectivity index (χ0n) is 17.4. The van der Waals surface area contributed by atoms with Crippen LogP contribution in [0, 0.1) is 0 Å². The summed E-state index contributed by atoms with van der Waals surface area (Å²) < 4.78 is 8.29.